The monoisotopic (exact) mass is 642 g/mol. The number of carbonyl (C=O) groups excluding carboxylic acids is 2. The van der Waals surface area contributed by atoms with E-state index in [0.717, 1.165) is 70.6 Å². The minimum atomic E-state index is -3.13. The first-order chi connectivity index (χ1) is 23.6. The van der Waals surface area contributed by atoms with Gasteiger partial charge >= 0.3 is 0 Å². The van der Waals surface area contributed by atoms with Crippen molar-refractivity contribution in [3.63, 3.8) is 0 Å². The molecular weight excluding hydrogens is 568 g/mol. The van der Waals surface area contributed by atoms with Crippen LogP contribution < -0.4 is 0 Å². The fourth-order valence-electron chi connectivity index (χ4n) is 5.18. The number of unbranched alkanes of at least 4 members (excludes halogenated alkanes) is 19. The number of allylic oxidation sites excluding steroid dienone is 6. The molecule has 0 bridgehead atoms. The van der Waals surface area contributed by atoms with Crippen molar-refractivity contribution in [3.8, 4) is 0 Å². The molecule has 0 aromatic rings. The fraction of sp³-hybridized carbons (Fsp3) is 0.795. The van der Waals surface area contributed by atoms with Crippen LogP contribution in [0.4, 0.5) is 0 Å². The molecule has 0 radical (unpaired) electrons. The topological polar surface area (TPSA) is 74.6 Å². The van der Waals surface area contributed by atoms with Crippen molar-refractivity contribution in [3.05, 3.63) is 36.5 Å². The van der Waals surface area contributed by atoms with Crippen LogP contribution in [0.5, 0.6) is 0 Å². The molecule has 2 N–H and O–H groups in total. The second-order valence-electron chi connectivity index (χ2n) is 12.2. The first-order valence-corrected chi connectivity index (χ1v) is 18.5. The molecule has 0 saturated carbocycles. The Labute approximate surface area is 284 Å². The Bertz CT molecular complexity index is 918. The zero-order chi connectivity index (χ0) is 36.7. The molecule has 0 saturated heterocycles. The minimum absolute atomic E-state index is 0.222. The summed E-state index contributed by atoms with van der Waals surface area (Å²) in [5, 5.41) is 9.01. The summed E-state index contributed by atoms with van der Waals surface area (Å²) in [6.07, 6.45) is 37.5. The second kappa shape index (κ2) is 31.7. The highest BCUT2D eigenvalue weighted by molar-refractivity contribution is 6.20. The number of halogens is 1. The van der Waals surface area contributed by atoms with Crippen molar-refractivity contribution < 1.29 is 23.9 Å². The van der Waals surface area contributed by atoms with Gasteiger partial charge in [0.05, 0.1) is 5.89 Å². The number of aliphatic hydroxyl groups is 2. The predicted octanol–water partition coefficient (Wildman–Crippen LogP) is 11.5. The molecule has 256 valence electrons. The molecule has 0 spiro atoms. The lowest BCUT2D eigenvalue weighted by molar-refractivity contribution is -0.201. The summed E-state index contributed by atoms with van der Waals surface area (Å²) in [4.78, 5) is 26.6. The third-order valence-electron chi connectivity index (χ3n) is 8.09. The van der Waals surface area contributed by atoms with Crippen LogP contribution in [0.25, 0.3) is 0 Å². The molecule has 1 unspecified atom stereocenters. The van der Waals surface area contributed by atoms with Gasteiger partial charge in [0.25, 0.3) is 0 Å². The van der Waals surface area contributed by atoms with E-state index in [1.54, 1.807) is 0 Å². The molecule has 4 nitrogen and oxygen atoms in total. The van der Waals surface area contributed by atoms with Crippen molar-refractivity contribution >= 4 is 23.2 Å². The Hall–Kier alpha value is -1.23. The van der Waals surface area contributed by atoms with E-state index < -0.39 is 29.1 Å². The molecule has 1 atom stereocenters. The summed E-state index contributed by atoms with van der Waals surface area (Å²) >= 11 is 5.92. The van der Waals surface area contributed by atoms with Gasteiger partial charge in [-0.3, -0.25) is 9.59 Å². The number of alkyl halides is 1. The molecule has 0 aliphatic heterocycles. The molecule has 0 aromatic carbocycles. The molecule has 0 aromatic heterocycles. The van der Waals surface area contributed by atoms with E-state index in [0.29, 0.717) is 25.7 Å². The molecule has 0 aliphatic carbocycles. The first-order valence-electron chi connectivity index (χ1n) is 20.4. The van der Waals surface area contributed by atoms with Crippen LogP contribution in [0.2, 0.25) is 0 Å². The maximum Gasteiger partial charge on any atom is 0.235 e. The molecule has 0 fully saturated rings. The number of Topliss-reactive ketones (excluding diaryl/α,β-unsaturated/α-hetero) is 2. The van der Waals surface area contributed by atoms with Crippen LogP contribution in [0.15, 0.2) is 36.5 Å². The van der Waals surface area contributed by atoms with Gasteiger partial charge in [0.1, 0.15) is 5.78 Å². The van der Waals surface area contributed by atoms with E-state index in [4.69, 9.17) is 18.6 Å². The van der Waals surface area contributed by atoms with Gasteiger partial charge in [-0.05, 0) is 70.6 Å². The van der Waals surface area contributed by atoms with Gasteiger partial charge in [-0.25, -0.2) is 0 Å². The third-order valence-corrected chi connectivity index (χ3v) is 8.28. The molecule has 0 rings (SSSR count). The highest BCUT2D eigenvalue weighted by Gasteiger charge is 2.44. The van der Waals surface area contributed by atoms with Crippen molar-refractivity contribution in [1.29, 1.82) is 2.86 Å². The van der Waals surface area contributed by atoms with E-state index in [2.05, 4.69) is 60.5 Å². The molecule has 0 heterocycles. The standard InChI is InChI=1S/C39H69ClO4/c1-3-5-7-9-11-13-15-17-19-21-23-25-27-29-31-33-37(41)36(35-40)39(43,44)38(42)34-32-30-28-26-24-22-20-18-16-14-12-10-8-6-4-2/h11,13,17-20,36,43-44H,3-10,12,14-16,21-35H2,1-2H3/b13-11-,19-17-,20-18-/i35D2,36D,43D,44D. The van der Waals surface area contributed by atoms with Crippen molar-refractivity contribution in [2.45, 2.75) is 187 Å². The number of hydrogen-bond donors (Lipinski definition) is 2. The van der Waals surface area contributed by atoms with Crippen molar-refractivity contribution in [1.82, 2.24) is 0 Å². The largest absolute Gasteiger partial charge is 0.359 e. The van der Waals surface area contributed by atoms with Gasteiger partial charge in [-0.1, -0.05) is 134 Å². The Balaban J connectivity index is 4.61. The predicted molar refractivity (Wildman–Crippen MR) is 190 cm³/mol. The zero-order valence-corrected chi connectivity index (χ0v) is 29.1. The highest BCUT2D eigenvalue weighted by atomic mass is 35.5. The van der Waals surface area contributed by atoms with Crippen LogP contribution in [-0.4, -0.2) is 36.3 Å². The summed E-state index contributed by atoms with van der Waals surface area (Å²) in [7, 11) is 0. The van der Waals surface area contributed by atoms with Gasteiger partial charge in [-0.15, -0.1) is 11.6 Å². The molecule has 5 heteroatoms. The zero-order valence-electron chi connectivity index (χ0n) is 33.4. The summed E-state index contributed by atoms with van der Waals surface area (Å²) in [5.74, 6) is -11.4. The van der Waals surface area contributed by atoms with Gasteiger partial charge in [0.15, 0.2) is 5.78 Å². The Morgan fingerprint density at radius 2 is 1.02 bits per heavy atom. The molecular formula is C39H69ClO4. The van der Waals surface area contributed by atoms with Crippen LogP contribution in [-0.2, 0) is 9.59 Å². The van der Waals surface area contributed by atoms with E-state index in [9.17, 15) is 9.59 Å². The van der Waals surface area contributed by atoms with Crippen LogP contribution >= 0.6 is 11.6 Å². The Morgan fingerprint density at radius 1 is 0.636 bits per heavy atom. The van der Waals surface area contributed by atoms with Gasteiger partial charge < -0.3 is 10.2 Å². The second-order valence-corrected chi connectivity index (χ2v) is 12.4. The SMILES string of the molecule is [2H]OC(O[2H])(C(=O)CCCCCCC/C=C\CCCCCCCC)C([2H])(C(=O)CCCCCCC/C=C\C/C=C\CCCCC)C([2H])([2H])Cl. The number of rotatable bonds is 35. The van der Waals surface area contributed by atoms with Crippen LogP contribution in [0, 0.1) is 5.89 Å². The maximum absolute atomic E-state index is 13.3. The average Bonchev–Trinajstić information content (AvgIpc) is 3.08. The lowest BCUT2D eigenvalue weighted by atomic mass is 9.87. The van der Waals surface area contributed by atoms with E-state index in [-0.39, 0.29) is 12.8 Å². The van der Waals surface area contributed by atoms with E-state index in [1.807, 2.05) is 0 Å². The molecule has 0 aliphatic rings. The average molecular weight is 642 g/mol. The smallest absolute Gasteiger partial charge is 0.235 e. The lowest BCUT2D eigenvalue weighted by Crippen LogP contribution is -2.50. The minimum Gasteiger partial charge on any atom is -0.359 e. The maximum atomic E-state index is 13.3. The Kier molecular flexibility index (Phi) is 24.6. The molecule has 0 amide bonds. The van der Waals surface area contributed by atoms with E-state index in [1.165, 1.54) is 57.8 Å². The highest BCUT2D eigenvalue weighted by Crippen LogP contribution is 2.24. The lowest BCUT2D eigenvalue weighted by Gasteiger charge is -2.27. The van der Waals surface area contributed by atoms with Crippen molar-refractivity contribution in [2.75, 3.05) is 5.83 Å². The van der Waals surface area contributed by atoms with Crippen LogP contribution in [0.1, 0.15) is 185 Å². The van der Waals surface area contributed by atoms with E-state index >= 15 is 0 Å². The normalized spacial score (nSPS) is 15.8. The van der Waals surface area contributed by atoms with Gasteiger partial charge in [0.2, 0.25) is 8.65 Å². The van der Waals surface area contributed by atoms with Crippen LogP contribution in [0.3, 0.4) is 0 Å². The summed E-state index contributed by atoms with van der Waals surface area (Å²) < 4.78 is 40.1. The third kappa shape index (κ3) is 25.0. The van der Waals surface area contributed by atoms with Gasteiger partial charge in [0, 0.05) is 22.8 Å². The first kappa shape index (κ1) is 34.1. The number of ketones is 2. The van der Waals surface area contributed by atoms with Crippen molar-refractivity contribution in [2.24, 2.45) is 5.89 Å². The number of carbonyl (C=O) groups is 2. The summed E-state index contributed by atoms with van der Waals surface area (Å²) in [6.45, 7) is 4.43. The van der Waals surface area contributed by atoms with Gasteiger partial charge in [-0.2, -0.15) is 0 Å². The molecule has 44 heavy (non-hydrogen) atoms. The Morgan fingerprint density at radius 3 is 1.50 bits per heavy atom. The summed E-state index contributed by atoms with van der Waals surface area (Å²) in [6, 6.07) is 0. The quantitative estimate of drug-likeness (QED) is 0.0312. The fourth-order valence-corrected chi connectivity index (χ4v) is 5.41. The summed E-state index contributed by atoms with van der Waals surface area (Å²) in [5.41, 5.74) is 0. The number of hydrogen-bond acceptors (Lipinski definition) is 4.